The number of rotatable bonds is 4. The summed E-state index contributed by atoms with van der Waals surface area (Å²) in [7, 11) is -2.71. The minimum atomic E-state index is -3.89. The molecule has 0 aromatic heterocycles. The molecule has 0 saturated carbocycles. The summed E-state index contributed by atoms with van der Waals surface area (Å²) in [5.74, 6) is -2.90. The Bertz CT molecular complexity index is 679. The van der Waals surface area contributed by atoms with Gasteiger partial charge < -0.3 is 14.6 Å². The average Bonchev–Trinajstić information content (AvgIpc) is 2.41. The van der Waals surface area contributed by atoms with Crippen molar-refractivity contribution < 1.29 is 37.4 Å². The Hall–Kier alpha value is -1.94. The maximum absolute atomic E-state index is 12.5. The van der Waals surface area contributed by atoms with Gasteiger partial charge in [-0.05, 0) is 6.92 Å². The quantitative estimate of drug-likeness (QED) is 0.507. The molecule has 1 N–H and O–H groups in total. The van der Waals surface area contributed by atoms with Crippen molar-refractivity contribution in [2.24, 2.45) is 0 Å². The molecule has 0 aromatic carbocycles. The first-order valence-corrected chi connectivity index (χ1v) is 7.93. The summed E-state index contributed by atoms with van der Waals surface area (Å²) in [5, 5.41) is 6.76. The first-order chi connectivity index (χ1) is 10.1. The van der Waals surface area contributed by atoms with E-state index in [-0.39, 0.29) is 5.57 Å². The van der Waals surface area contributed by atoms with Gasteiger partial charge in [-0.15, -0.1) is 0 Å². The summed E-state index contributed by atoms with van der Waals surface area (Å²) < 4.78 is 34.5. The molecule has 122 valence electrons. The summed E-state index contributed by atoms with van der Waals surface area (Å²) in [6.45, 7) is 1.90. The second-order valence-corrected chi connectivity index (χ2v) is 7.31. The third kappa shape index (κ3) is 2.18. The van der Waals surface area contributed by atoms with E-state index in [1.54, 1.807) is 0 Å². The number of β-lactam (4-membered cyclic amide) rings is 1. The smallest absolute Gasteiger partial charge is 0.352 e. The summed E-state index contributed by atoms with van der Waals surface area (Å²) in [5.41, 5.74) is -0.603. The van der Waals surface area contributed by atoms with Gasteiger partial charge in [-0.3, -0.25) is 14.5 Å². The first kappa shape index (κ1) is 16.4. The van der Waals surface area contributed by atoms with E-state index in [2.05, 4.69) is 0 Å². The van der Waals surface area contributed by atoms with E-state index >= 15 is 0 Å². The van der Waals surface area contributed by atoms with Crippen LogP contribution in [0.3, 0.4) is 0 Å². The maximum atomic E-state index is 12.5. The van der Waals surface area contributed by atoms with Gasteiger partial charge in [0, 0.05) is 19.6 Å². The minimum Gasteiger partial charge on any atom is -0.477 e. The highest BCUT2D eigenvalue weighted by Gasteiger charge is 2.62. The van der Waals surface area contributed by atoms with Crippen molar-refractivity contribution in [2.75, 3.05) is 13.7 Å². The van der Waals surface area contributed by atoms with Crippen molar-refractivity contribution in [3.05, 3.63) is 11.3 Å². The fourth-order valence-corrected chi connectivity index (χ4v) is 4.64. The van der Waals surface area contributed by atoms with Crippen molar-refractivity contribution in [3.8, 4) is 0 Å². The van der Waals surface area contributed by atoms with Gasteiger partial charge in [0.2, 0.25) is 0 Å². The molecule has 0 bridgehead atoms. The molecule has 1 amide bonds. The largest absolute Gasteiger partial charge is 0.477 e. The molecule has 2 rings (SSSR count). The van der Waals surface area contributed by atoms with Crippen LogP contribution in [-0.2, 0) is 33.7 Å². The number of carboxylic acids is 1. The van der Waals surface area contributed by atoms with Gasteiger partial charge in [0.05, 0.1) is 5.25 Å². The number of nitrogens with zero attached hydrogens (tertiary/aromatic N) is 1. The van der Waals surface area contributed by atoms with Crippen LogP contribution in [0.15, 0.2) is 11.3 Å². The molecule has 3 atom stereocenters. The van der Waals surface area contributed by atoms with Crippen LogP contribution in [0.25, 0.3) is 0 Å². The lowest BCUT2D eigenvalue weighted by atomic mass is 10.0. The van der Waals surface area contributed by atoms with Gasteiger partial charge in [-0.25, -0.2) is 13.2 Å². The van der Waals surface area contributed by atoms with Crippen LogP contribution in [0.1, 0.15) is 13.8 Å². The van der Waals surface area contributed by atoms with Crippen molar-refractivity contribution in [1.29, 1.82) is 0 Å². The number of amides is 1. The fourth-order valence-electron chi connectivity index (χ4n) is 2.57. The van der Waals surface area contributed by atoms with E-state index in [1.807, 2.05) is 0 Å². The Balaban J connectivity index is 2.57. The third-order valence-electron chi connectivity index (χ3n) is 3.75. The van der Waals surface area contributed by atoms with Crippen LogP contribution in [0.4, 0.5) is 0 Å². The lowest BCUT2D eigenvalue weighted by Crippen LogP contribution is -2.71. The van der Waals surface area contributed by atoms with Gasteiger partial charge in [0.25, 0.3) is 5.91 Å². The molecule has 0 spiro atoms. The molecule has 0 aromatic rings. The summed E-state index contributed by atoms with van der Waals surface area (Å²) in [6, 6.07) is 0. The number of carbonyl (C=O) groups excluding carboxylic acids is 2. The zero-order valence-electron chi connectivity index (χ0n) is 12.1. The van der Waals surface area contributed by atoms with Crippen molar-refractivity contribution in [1.82, 2.24) is 4.90 Å². The predicted octanol–water partition coefficient (Wildman–Crippen LogP) is -1.11. The second-order valence-electron chi connectivity index (χ2n) is 4.95. The number of carboxylic acid groups (broad SMARTS) is 1. The van der Waals surface area contributed by atoms with Crippen molar-refractivity contribution in [2.45, 2.75) is 30.6 Å². The molecule has 0 aliphatic carbocycles. The highest BCUT2D eigenvalue weighted by Crippen LogP contribution is 2.41. The SMILES string of the molecule is CO[C@H]1C(=O)N2C(C(=O)O)=C(COC(C)=O)C(C)S(=O)(=O)[C@H]12. The molecule has 1 fully saturated rings. The van der Waals surface area contributed by atoms with Gasteiger partial charge in [0.1, 0.15) is 12.3 Å². The Morgan fingerprint density at radius 1 is 1.36 bits per heavy atom. The van der Waals surface area contributed by atoms with Gasteiger partial charge in [-0.1, -0.05) is 0 Å². The number of aliphatic carboxylic acids is 1. The molecule has 1 unspecified atom stereocenters. The van der Waals surface area contributed by atoms with E-state index < -0.39 is 56.7 Å². The molecular weight excluding hydrogens is 318 g/mol. The molecule has 2 heterocycles. The van der Waals surface area contributed by atoms with Crippen LogP contribution in [0, 0.1) is 0 Å². The number of fused-ring (bicyclic) bond motifs is 1. The Morgan fingerprint density at radius 3 is 2.41 bits per heavy atom. The first-order valence-electron chi connectivity index (χ1n) is 6.32. The lowest BCUT2D eigenvalue weighted by molar-refractivity contribution is -0.163. The van der Waals surface area contributed by atoms with E-state index in [0.717, 1.165) is 6.92 Å². The number of methoxy groups -OCH3 is 1. The number of sulfone groups is 1. The van der Waals surface area contributed by atoms with Crippen LogP contribution in [0.2, 0.25) is 0 Å². The number of carbonyl (C=O) groups is 3. The number of hydrogen-bond acceptors (Lipinski definition) is 7. The van der Waals surface area contributed by atoms with Gasteiger partial charge >= 0.3 is 11.9 Å². The molecule has 22 heavy (non-hydrogen) atoms. The van der Waals surface area contributed by atoms with Gasteiger partial charge in [0.15, 0.2) is 21.3 Å². The number of hydrogen-bond donors (Lipinski definition) is 1. The average molecular weight is 333 g/mol. The summed E-state index contributed by atoms with van der Waals surface area (Å²) >= 11 is 0. The fraction of sp³-hybridized carbons (Fsp3) is 0.583. The zero-order chi connectivity index (χ0) is 16.8. The molecule has 9 nitrogen and oxygen atoms in total. The maximum Gasteiger partial charge on any atom is 0.352 e. The second kappa shape index (κ2) is 5.36. The minimum absolute atomic E-state index is 0.137. The molecule has 2 aliphatic heterocycles. The van der Waals surface area contributed by atoms with E-state index in [1.165, 1.54) is 14.0 Å². The van der Waals surface area contributed by atoms with E-state index in [4.69, 9.17) is 9.47 Å². The standard InChI is InChI=1S/C12H15NO8S/c1-5-7(4-21-6(2)14)8(12(16)17)13-10(15)9(20-3)11(13)22(5,18)19/h5,9,11H,4H2,1-3H3,(H,16,17)/t5?,9-,11+/m0/s1. The van der Waals surface area contributed by atoms with E-state index in [0.29, 0.717) is 4.90 Å². The van der Waals surface area contributed by atoms with Crippen molar-refractivity contribution >= 4 is 27.7 Å². The Labute approximate surface area is 126 Å². The Morgan fingerprint density at radius 2 is 1.95 bits per heavy atom. The monoisotopic (exact) mass is 333 g/mol. The van der Waals surface area contributed by atoms with Gasteiger partial charge in [-0.2, -0.15) is 0 Å². The number of ether oxygens (including phenoxy) is 2. The van der Waals surface area contributed by atoms with Crippen LogP contribution < -0.4 is 0 Å². The third-order valence-corrected chi connectivity index (χ3v) is 6.15. The van der Waals surface area contributed by atoms with Crippen molar-refractivity contribution in [3.63, 3.8) is 0 Å². The van der Waals surface area contributed by atoms with E-state index in [9.17, 15) is 27.9 Å². The predicted molar refractivity (Wildman–Crippen MR) is 71.1 cm³/mol. The molecule has 10 heteroatoms. The summed E-state index contributed by atoms with van der Waals surface area (Å²) in [4.78, 5) is 35.0. The highest BCUT2D eigenvalue weighted by molar-refractivity contribution is 7.93. The van der Waals surface area contributed by atoms with Crippen LogP contribution >= 0.6 is 0 Å². The molecular formula is C12H15NO8S. The normalized spacial score (nSPS) is 29.7. The molecule has 2 aliphatic rings. The van der Waals surface area contributed by atoms with Crippen LogP contribution in [-0.4, -0.2) is 66.7 Å². The zero-order valence-corrected chi connectivity index (χ0v) is 12.9. The topological polar surface area (TPSA) is 127 Å². The highest BCUT2D eigenvalue weighted by atomic mass is 32.2. The molecule has 0 radical (unpaired) electrons. The lowest BCUT2D eigenvalue weighted by Gasteiger charge is -2.49. The summed E-state index contributed by atoms with van der Waals surface area (Å²) in [6.07, 6.45) is -1.22. The Kier molecular flexibility index (Phi) is 4.00. The molecule has 1 saturated heterocycles. The van der Waals surface area contributed by atoms with Crippen LogP contribution in [0.5, 0.6) is 0 Å². The number of esters is 1.